The number of aromatic nitrogens is 1. The minimum absolute atomic E-state index is 0.250. The van der Waals surface area contributed by atoms with Crippen molar-refractivity contribution >= 4 is 5.57 Å². The van der Waals surface area contributed by atoms with Crippen LogP contribution in [0, 0.1) is 13.8 Å². The highest BCUT2D eigenvalue weighted by atomic mass is 14.7. The van der Waals surface area contributed by atoms with Gasteiger partial charge >= 0.3 is 0 Å². The Hall–Kier alpha value is -1.11. The molecule has 1 aromatic rings. The van der Waals surface area contributed by atoms with E-state index in [1.807, 2.05) is 0 Å². The molecule has 0 unspecified atom stereocenters. The van der Waals surface area contributed by atoms with Gasteiger partial charge in [0.25, 0.3) is 0 Å². The molecule has 19 heavy (non-hydrogen) atoms. The van der Waals surface area contributed by atoms with Crippen LogP contribution in [0.3, 0.4) is 0 Å². The van der Waals surface area contributed by atoms with Gasteiger partial charge in [-0.1, -0.05) is 33.3 Å². The Morgan fingerprint density at radius 1 is 1.00 bits per heavy atom. The summed E-state index contributed by atoms with van der Waals surface area (Å²) in [5.74, 6) is 0. The molecule has 0 fully saturated rings. The van der Waals surface area contributed by atoms with Crippen LogP contribution in [0.4, 0.5) is 0 Å². The molecule has 0 bridgehead atoms. The molecule has 0 spiro atoms. The zero-order valence-corrected chi connectivity index (χ0v) is 13.4. The van der Waals surface area contributed by atoms with Crippen molar-refractivity contribution in [2.75, 3.05) is 0 Å². The second kappa shape index (κ2) is 5.11. The second-order valence-corrected chi connectivity index (χ2v) is 5.73. The monoisotopic (exact) mass is 257 g/mol. The molecule has 1 aromatic heterocycles. The van der Waals surface area contributed by atoms with E-state index in [0.29, 0.717) is 0 Å². The lowest BCUT2D eigenvalue weighted by molar-refractivity contribution is 0.461. The van der Waals surface area contributed by atoms with Gasteiger partial charge < -0.3 is 0 Å². The highest BCUT2D eigenvalue weighted by Crippen LogP contribution is 2.53. The molecule has 0 saturated heterocycles. The summed E-state index contributed by atoms with van der Waals surface area (Å²) >= 11 is 0. The molecular formula is C18H27N. The third-order valence-corrected chi connectivity index (χ3v) is 4.99. The molecule has 0 N–H and O–H groups in total. The van der Waals surface area contributed by atoms with Gasteiger partial charge in [0.05, 0.1) is 0 Å². The number of nitrogens with zero attached hydrogens (tertiary/aromatic N) is 1. The average molecular weight is 257 g/mol. The van der Waals surface area contributed by atoms with Crippen LogP contribution in [-0.2, 0) is 5.41 Å². The minimum Gasteiger partial charge on any atom is -0.258 e. The number of pyridine rings is 1. The molecule has 0 aromatic carbocycles. The maximum atomic E-state index is 4.75. The fourth-order valence-corrected chi connectivity index (χ4v) is 4.26. The Labute approximate surface area is 118 Å². The molecule has 0 atom stereocenters. The van der Waals surface area contributed by atoms with E-state index in [2.05, 4.69) is 47.6 Å². The summed E-state index contributed by atoms with van der Waals surface area (Å²) in [7, 11) is 0. The lowest BCUT2D eigenvalue weighted by Crippen LogP contribution is -2.26. The van der Waals surface area contributed by atoms with Crippen LogP contribution < -0.4 is 0 Å². The molecular weight excluding hydrogens is 230 g/mol. The maximum Gasteiger partial charge on any atom is 0.0422 e. The number of hydrogen-bond acceptors (Lipinski definition) is 1. The van der Waals surface area contributed by atoms with Crippen molar-refractivity contribution in [1.29, 1.82) is 0 Å². The molecule has 1 heterocycles. The molecule has 0 aliphatic heterocycles. The molecule has 1 aliphatic carbocycles. The van der Waals surface area contributed by atoms with E-state index in [1.165, 1.54) is 29.7 Å². The molecule has 0 amide bonds. The third kappa shape index (κ3) is 1.86. The van der Waals surface area contributed by atoms with Gasteiger partial charge in [-0.25, -0.2) is 0 Å². The zero-order chi connectivity index (χ0) is 14.2. The first-order valence-corrected chi connectivity index (χ1v) is 7.77. The van der Waals surface area contributed by atoms with E-state index < -0.39 is 0 Å². The van der Waals surface area contributed by atoms with Crippen molar-refractivity contribution in [2.24, 2.45) is 0 Å². The third-order valence-electron chi connectivity index (χ3n) is 4.99. The minimum atomic E-state index is 0.250. The normalized spacial score (nSPS) is 16.9. The molecule has 0 radical (unpaired) electrons. The zero-order valence-electron chi connectivity index (χ0n) is 13.4. The SMILES string of the molecule is CCC1=C(CC)C(CC)(CC)c2c1cc(C)nc2C. The largest absolute Gasteiger partial charge is 0.258 e. The van der Waals surface area contributed by atoms with Crippen molar-refractivity contribution in [1.82, 2.24) is 4.98 Å². The van der Waals surface area contributed by atoms with Gasteiger partial charge in [-0.2, -0.15) is 0 Å². The summed E-state index contributed by atoms with van der Waals surface area (Å²) < 4.78 is 0. The Kier molecular flexibility index (Phi) is 3.85. The molecule has 104 valence electrons. The summed E-state index contributed by atoms with van der Waals surface area (Å²) in [5, 5.41) is 0. The average Bonchev–Trinajstić information content (AvgIpc) is 2.67. The van der Waals surface area contributed by atoms with Crippen LogP contribution >= 0.6 is 0 Å². The lowest BCUT2D eigenvalue weighted by Gasteiger charge is -2.32. The van der Waals surface area contributed by atoms with Gasteiger partial charge in [0.15, 0.2) is 0 Å². The first-order chi connectivity index (χ1) is 9.05. The van der Waals surface area contributed by atoms with E-state index in [0.717, 1.165) is 18.5 Å². The molecule has 0 saturated carbocycles. The maximum absolute atomic E-state index is 4.75. The fraction of sp³-hybridized carbons (Fsp3) is 0.611. The topological polar surface area (TPSA) is 12.9 Å². The van der Waals surface area contributed by atoms with E-state index in [9.17, 15) is 0 Å². The van der Waals surface area contributed by atoms with Crippen LogP contribution in [0.1, 0.15) is 75.9 Å². The summed E-state index contributed by atoms with van der Waals surface area (Å²) in [5.41, 5.74) is 8.93. The van der Waals surface area contributed by atoms with Gasteiger partial charge in [-0.15, -0.1) is 0 Å². The Balaban J connectivity index is 2.82. The highest BCUT2D eigenvalue weighted by Gasteiger charge is 2.42. The van der Waals surface area contributed by atoms with Gasteiger partial charge in [0.2, 0.25) is 0 Å². The van der Waals surface area contributed by atoms with Gasteiger partial charge in [-0.3, -0.25) is 4.98 Å². The van der Waals surface area contributed by atoms with Gasteiger partial charge in [-0.05, 0) is 62.3 Å². The first-order valence-electron chi connectivity index (χ1n) is 7.77. The van der Waals surface area contributed by atoms with Gasteiger partial charge in [0.1, 0.15) is 0 Å². The molecule has 1 nitrogen and oxygen atoms in total. The van der Waals surface area contributed by atoms with E-state index in [-0.39, 0.29) is 5.41 Å². The Morgan fingerprint density at radius 3 is 2.11 bits per heavy atom. The number of fused-ring (bicyclic) bond motifs is 1. The fourth-order valence-electron chi connectivity index (χ4n) is 4.26. The molecule has 1 aliphatic rings. The number of rotatable bonds is 4. The lowest BCUT2D eigenvalue weighted by atomic mass is 9.71. The van der Waals surface area contributed by atoms with E-state index in [1.54, 1.807) is 11.1 Å². The van der Waals surface area contributed by atoms with Crippen molar-refractivity contribution in [3.8, 4) is 0 Å². The van der Waals surface area contributed by atoms with E-state index in [4.69, 9.17) is 4.98 Å². The summed E-state index contributed by atoms with van der Waals surface area (Å²) in [4.78, 5) is 4.75. The predicted molar refractivity (Wildman–Crippen MR) is 83.5 cm³/mol. The van der Waals surface area contributed by atoms with Crippen LogP contribution in [0.5, 0.6) is 0 Å². The summed E-state index contributed by atoms with van der Waals surface area (Å²) in [6.07, 6.45) is 4.68. The van der Waals surface area contributed by atoms with Crippen molar-refractivity contribution in [3.05, 3.63) is 34.2 Å². The standard InChI is InChI=1S/C18H27N/c1-7-14-15-11-12(5)19-13(6)17(15)18(9-3,10-4)16(14)8-2/h11H,7-10H2,1-6H3. The predicted octanol–water partition coefficient (Wildman–Crippen LogP) is 5.34. The van der Waals surface area contributed by atoms with Gasteiger partial charge in [0, 0.05) is 16.8 Å². The smallest absolute Gasteiger partial charge is 0.0422 e. The quantitative estimate of drug-likeness (QED) is 0.709. The van der Waals surface area contributed by atoms with E-state index >= 15 is 0 Å². The van der Waals surface area contributed by atoms with Crippen molar-refractivity contribution in [2.45, 2.75) is 72.6 Å². The van der Waals surface area contributed by atoms with Crippen LogP contribution in [0.25, 0.3) is 5.57 Å². The highest BCUT2D eigenvalue weighted by molar-refractivity contribution is 5.81. The van der Waals surface area contributed by atoms with Crippen LogP contribution in [0.2, 0.25) is 0 Å². The Morgan fingerprint density at radius 2 is 1.63 bits per heavy atom. The number of aryl methyl sites for hydroxylation is 2. The van der Waals surface area contributed by atoms with Crippen molar-refractivity contribution in [3.63, 3.8) is 0 Å². The number of hydrogen-bond donors (Lipinski definition) is 0. The summed E-state index contributed by atoms with van der Waals surface area (Å²) in [6.45, 7) is 13.6. The second-order valence-electron chi connectivity index (χ2n) is 5.73. The van der Waals surface area contributed by atoms with Crippen molar-refractivity contribution < 1.29 is 0 Å². The summed E-state index contributed by atoms with van der Waals surface area (Å²) in [6, 6.07) is 2.31. The number of allylic oxidation sites excluding steroid dienone is 2. The van der Waals surface area contributed by atoms with Crippen LogP contribution in [-0.4, -0.2) is 4.98 Å². The molecule has 1 heteroatoms. The van der Waals surface area contributed by atoms with Crippen LogP contribution in [0.15, 0.2) is 11.6 Å². The molecule has 2 rings (SSSR count). The Bertz CT molecular complexity index is 519. The first kappa shape index (κ1) is 14.3.